The van der Waals surface area contributed by atoms with Crippen LogP contribution in [0.25, 0.3) is 0 Å². The highest BCUT2D eigenvalue weighted by molar-refractivity contribution is 6.31. The van der Waals surface area contributed by atoms with E-state index in [1.165, 1.54) is 6.26 Å². The van der Waals surface area contributed by atoms with Crippen LogP contribution in [0.4, 0.5) is 0 Å². The van der Waals surface area contributed by atoms with E-state index in [2.05, 4.69) is 0 Å². The van der Waals surface area contributed by atoms with Crippen LogP contribution in [0.15, 0.2) is 60.6 Å². The third kappa shape index (κ3) is 4.57. The fourth-order valence-corrected chi connectivity index (χ4v) is 3.96. The second kappa shape index (κ2) is 8.89. The van der Waals surface area contributed by atoms with Crippen molar-refractivity contribution < 1.29 is 23.7 Å². The topological polar surface area (TPSA) is 54.0 Å². The van der Waals surface area contributed by atoms with E-state index in [0.29, 0.717) is 36.0 Å². The quantitative estimate of drug-likeness (QED) is 0.671. The lowest BCUT2D eigenvalue weighted by atomic mass is 9.80. The first-order valence-corrected chi connectivity index (χ1v) is 10.1. The van der Waals surface area contributed by atoms with Gasteiger partial charge >= 0.3 is 0 Å². The number of carbonyl (C=O) groups excluding carboxylic acids is 1. The van der Waals surface area contributed by atoms with Crippen molar-refractivity contribution in [3.8, 4) is 11.5 Å². The summed E-state index contributed by atoms with van der Waals surface area (Å²) in [4.78, 5) is 12.9. The van der Waals surface area contributed by atoms with Gasteiger partial charge in [-0.15, -0.1) is 0 Å². The molecule has 1 fully saturated rings. The van der Waals surface area contributed by atoms with Crippen LogP contribution < -0.4 is 9.47 Å². The van der Waals surface area contributed by atoms with Crippen molar-refractivity contribution in [2.45, 2.75) is 38.1 Å². The minimum absolute atomic E-state index is 0.0198. The maximum absolute atomic E-state index is 12.9. The Morgan fingerprint density at radius 1 is 1.10 bits per heavy atom. The van der Waals surface area contributed by atoms with Crippen molar-refractivity contribution in [3.05, 3.63) is 71.1 Å². The van der Waals surface area contributed by atoms with E-state index in [4.69, 9.17) is 30.5 Å². The summed E-state index contributed by atoms with van der Waals surface area (Å²) < 4.78 is 22.9. The van der Waals surface area contributed by atoms with Crippen LogP contribution in [0.2, 0.25) is 5.02 Å². The molecule has 0 N–H and O–H groups in total. The molecular weight excluding hydrogens is 392 g/mol. The minimum atomic E-state index is -0.208. The summed E-state index contributed by atoms with van der Waals surface area (Å²) in [6.07, 6.45) is 3.45. The van der Waals surface area contributed by atoms with Gasteiger partial charge in [-0.25, -0.2) is 0 Å². The summed E-state index contributed by atoms with van der Waals surface area (Å²) >= 11 is 6.19. The Labute approximate surface area is 175 Å². The Morgan fingerprint density at radius 2 is 1.93 bits per heavy atom. The van der Waals surface area contributed by atoms with Gasteiger partial charge in [0, 0.05) is 17.5 Å². The zero-order valence-electron chi connectivity index (χ0n) is 16.2. The van der Waals surface area contributed by atoms with Crippen molar-refractivity contribution in [3.63, 3.8) is 0 Å². The molecule has 0 spiro atoms. The van der Waals surface area contributed by atoms with E-state index in [9.17, 15) is 4.79 Å². The molecule has 2 aromatic carbocycles. The zero-order chi connectivity index (χ0) is 20.2. The van der Waals surface area contributed by atoms with Crippen LogP contribution in [0.3, 0.4) is 0 Å². The van der Waals surface area contributed by atoms with E-state index in [1.807, 2.05) is 36.4 Å². The number of carbonyl (C=O) groups is 1. The molecule has 1 heterocycles. The summed E-state index contributed by atoms with van der Waals surface area (Å²) in [5.41, 5.74) is 0.964. The van der Waals surface area contributed by atoms with Crippen LogP contribution in [0.1, 0.15) is 24.8 Å². The van der Waals surface area contributed by atoms with Gasteiger partial charge in [-0.05, 0) is 36.6 Å². The molecule has 2 aliphatic rings. The average molecular weight is 415 g/mol. The Morgan fingerprint density at radius 3 is 2.76 bits per heavy atom. The highest BCUT2D eigenvalue weighted by Crippen LogP contribution is 2.36. The number of rotatable bonds is 6. The van der Waals surface area contributed by atoms with Gasteiger partial charge in [0.2, 0.25) is 11.5 Å². The molecule has 4 rings (SSSR count). The smallest absolute Gasteiger partial charge is 0.207 e. The molecule has 1 saturated carbocycles. The molecule has 0 radical (unpaired) electrons. The van der Waals surface area contributed by atoms with Crippen molar-refractivity contribution in [2.24, 2.45) is 5.92 Å². The number of methoxy groups -OCH3 is 1. The van der Waals surface area contributed by atoms with Gasteiger partial charge in [-0.3, -0.25) is 4.79 Å². The second-order valence-corrected chi connectivity index (χ2v) is 7.65. The van der Waals surface area contributed by atoms with Gasteiger partial charge in [0.25, 0.3) is 0 Å². The van der Waals surface area contributed by atoms with Crippen molar-refractivity contribution in [1.29, 1.82) is 0 Å². The first-order valence-electron chi connectivity index (χ1n) is 9.71. The molecule has 29 heavy (non-hydrogen) atoms. The first-order chi connectivity index (χ1) is 14.1. The second-order valence-electron chi connectivity index (χ2n) is 7.25. The summed E-state index contributed by atoms with van der Waals surface area (Å²) in [5.74, 6) is 1.22. The van der Waals surface area contributed by atoms with Crippen LogP contribution in [0.5, 0.6) is 11.5 Å². The number of hydrogen-bond acceptors (Lipinski definition) is 5. The zero-order valence-corrected chi connectivity index (χ0v) is 16.9. The first kappa shape index (κ1) is 19.8. The summed E-state index contributed by atoms with van der Waals surface area (Å²) in [6.45, 7) is 0.454. The molecular formula is C23H23ClO5. The number of ketones is 1. The maximum atomic E-state index is 12.9. The molecule has 1 aliphatic heterocycles. The summed E-state index contributed by atoms with van der Waals surface area (Å²) in [5, 5.41) is 0.701. The Kier molecular flexibility index (Phi) is 6.07. The molecule has 152 valence electrons. The highest BCUT2D eigenvalue weighted by Gasteiger charge is 2.41. The van der Waals surface area contributed by atoms with Crippen molar-refractivity contribution in [2.75, 3.05) is 7.11 Å². The van der Waals surface area contributed by atoms with Crippen LogP contribution in [0, 0.1) is 5.92 Å². The predicted octanol–water partition coefficient (Wildman–Crippen LogP) is 4.92. The Hall–Kier alpha value is -2.50. The van der Waals surface area contributed by atoms with E-state index < -0.39 is 0 Å². The fraction of sp³-hybridized carbons (Fsp3) is 0.348. The number of halogens is 1. The van der Waals surface area contributed by atoms with Crippen LogP contribution in [-0.4, -0.2) is 25.1 Å². The molecule has 0 aromatic heterocycles. The number of ether oxygens (including phenoxy) is 4. The highest BCUT2D eigenvalue weighted by atomic mass is 35.5. The third-order valence-electron chi connectivity index (χ3n) is 5.37. The fourth-order valence-electron chi connectivity index (χ4n) is 3.77. The predicted molar refractivity (Wildman–Crippen MR) is 109 cm³/mol. The van der Waals surface area contributed by atoms with E-state index >= 15 is 0 Å². The lowest BCUT2D eigenvalue weighted by Gasteiger charge is -2.37. The van der Waals surface area contributed by atoms with Gasteiger partial charge < -0.3 is 18.9 Å². The molecule has 0 amide bonds. The van der Waals surface area contributed by atoms with Crippen molar-refractivity contribution >= 4 is 17.4 Å². The van der Waals surface area contributed by atoms with Crippen LogP contribution >= 0.6 is 11.6 Å². The number of benzene rings is 2. The molecule has 1 aliphatic carbocycles. The van der Waals surface area contributed by atoms with Gasteiger partial charge in [-0.1, -0.05) is 35.9 Å². The van der Waals surface area contributed by atoms with E-state index in [1.54, 1.807) is 19.2 Å². The third-order valence-corrected chi connectivity index (χ3v) is 5.74. The van der Waals surface area contributed by atoms with Gasteiger partial charge in [0.1, 0.15) is 23.9 Å². The molecule has 2 aromatic rings. The molecule has 0 saturated heterocycles. The van der Waals surface area contributed by atoms with Crippen molar-refractivity contribution in [1.82, 2.24) is 0 Å². The molecule has 0 bridgehead atoms. The van der Waals surface area contributed by atoms with Gasteiger partial charge in [-0.2, -0.15) is 0 Å². The lowest BCUT2D eigenvalue weighted by Crippen LogP contribution is -2.42. The largest absolute Gasteiger partial charge is 0.497 e. The monoisotopic (exact) mass is 414 g/mol. The number of hydrogen-bond donors (Lipinski definition) is 0. The minimum Gasteiger partial charge on any atom is -0.497 e. The molecule has 5 nitrogen and oxygen atoms in total. The number of fused-ring (bicyclic) bond motifs is 1. The number of Topliss-reactive ketones (excluding diaryl/α,β-unsaturated/α-hetero) is 1. The Bertz CT molecular complexity index is 910. The number of allylic oxidation sites excluding steroid dienone is 1. The summed E-state index contributed by atoms with van der Waals surface area (Å²) in [7, 11) is 1.59. The average Bonchev–Trinajstić information content (AvgIpc) is 2.75. The summed E-state index contributed by atoms with van der Waals surface area (Å²) in [6, 6.07) is 14.8. The van der Waals surface area contributed by atoms with Gasteiger partial charge in [0.05, 0.1) is 25.7 Å². The molecule has 3 atom stereocenters. The van der Waals surface area contributed by atoms with Gasteiger partial charge in [0.15, 0.2) is 0 Å². The van der Waals surface area contributed by atoms with E-state index in [-0.39, 0.29) is 29.7 Å². The standard InChI is InChI=1S/C23H23ClO5/c1-26-16-6-4-7-18(11-16)29-22-14-28-21-12-17(9-10-19(21)23(22)25)27-13-15-5-2-3-8-20(15)24/h2-8,11,14,17,19,21H,9-10,12-13H2,1H3. The normalized spacial score (nSPS) is 23.6. The van der Waals surface area contributed by atoms with E-state index in [0.717, 1.165) is 12.0 Å². The molecule has 6 heteroatoms. The SMILES string of the molecule is COc1cccc(OC2=COC3CC(OCc4ccccc4Cl)CCC3C2=O)c1. The maximum Gasteiger partial charge on any atom is 0.207 e. The van der Waals surface area contributed by atoms with Crippen LogP contribution in [-0.2, 0) is 20.9 Å². The Balaban J connectivity index is 1.36. The molecule has 3 unspecified atom stereocenters. The lowest BCUT2D eigenvalue weighted by molar-refractivity contribution is -0.134.